The molecule has 18 heavy (non-hydrogen) atoms. The van der Waals surface area contributed by atoms with Crippen LogP contribution in [-0.2, 0) is 4.74 Å². The number of carbonyl (C=O) groups excluding carboxylic acids is 1. The van der Waals surface area contributed by atoms with Gasteiger partial charge in [-0.25, -0.2) is 14.8 Å². The van der Waals surface area contributed by atoms with E-state index in [2.05, 4.69) is 9.97 Å². The van der Waals surface area contributed by atoms with Crippen molar-refractivity contribution in [2.75, 3.05) is 7.11 Å². The Labute approximate surface area is 107 Å². The number of nitrogens with zero attached hydrogens (tertiary/aromatic N) is 3. The summed E-state index contributed by atoms with van der Waals surface area (Å²) in [5.41, 5.74) is 2.48. The molecule has 2 aromatic heterocycles. The molecule has 0 amide bonds. The molecule has 0 radical (unpaired) electrons. The van der Waals surface area contributed by atoms with Gasteiger partial charge in [-0.05, 0) is 18.2 Å². The van der Waals surface area contributed by atoms with Crippen molar-refractivity contribution in [2.45, 2.75) is 0 Å². The van der Waals surface area contributed by atoms with Gasteiger partial charge in [0.25, 0.3) is 0 Å². The van der Waals surface area contributed by atoms with E-state index in [1.165, 1.54) is 7.11 Å². The lowest BCUT2D eigenvalue weighted by Gasteiger charge is -2.05. The minimum atomic E-state index is -0.389. The SMILES string of the molecule is COC(=O)c1ccc2nc(Cl)c3nccn3c2c1. The van der Waals surface area contributed by atoms with E-state index in [0.717, 1.165) is 5.52 Å². The van der Waals surface area contributed by atoms with Gasteiger partial charge in [-0.1, -0.05) is 11.6 Å². The van der Waals surface area contributed by atoms with Crippen molar-refractivity contribution in [3.05, 3.63) is 41.3 Å². The van der Waals surface area contributed by atoms with Crippen LogP contribution < -0.4 is 0 Å². The highest BCUT2D eigenvalue weighted by Gasteiger charge is 2.11. The summed E-state index contributed by atoms with van der Waals surface area (Å²) in [6.07, 6.45) is 3.40. The van der Waals surface area contributed by atoms with E-state index in [9.17, 15) is 4.79 Å². The van der Waals surface area contributed by atoms with Crippen LogP contribution in [0.1, 0.15) is 10.4 Å². The lowest BCUT2D eigenvalue weighted by atomic mass is 10.2. The second kappa shape index (κ2) is 3.96. The summed E-state index contributed by atoms with van der Waals surface area (Å²) in [7, 11) is 1.35. The van der Waals surface area contributed by atoms with Gasteiger partial charge in [0.2, 0.25) is 0 Å². The zero-order valence-corrected chi connectivity index (χ0v) is 10.2. The van der Waals surface area contributed by atoms with Crippen molar-refractivity contribution in [3.63, 3.8) is 0 Å². The van der Waals surface area contributed by atoms with E-state index in [4.69, 9.17) is 16.3 Å². The van der Waals surface area contributed by atoms with E-state index in [-0.39, 0.29) is 5.97 Å². The van der Waals surface area contributed by atoms with Crippen LogP contribution in [0, 0.1) is 0 Å². The number of fused-ring (bicyclic) bond motifs is 3. The molecule has 2 heterocycles. The summed E-state index contributed by atoms with van der Waals surface area (Å²) in [5.74, 6) is -0.389. The van der Waals surface area contributed by atoms with Crippen LogP contribution in [-0.4, -0.2) is 27.4 Å². The topological polar surface area (TPSA) is 56.5 Å². The molecule has 0 fully saturated rings. The molecule has 1 aromatic carbocycles. The van der Waals surface area contributed by atoms with Crippen molar-refractivity contribution in [2.24, 2.45) is 0 Å². The molecule has 5 nitrogen and oxygen atoms in total. The Morgan fingerprint density at radius 3 is 3.06 bits per heavy atom. The molecular formula is C12H8ClN3O2. The fourth-order valence-electron chi connectivity index (χ4n) is 1.86. The van der Waals surface area contributed by atoms with Crippen molar-refractivity contribution in [1.29, 1.82) is 0 Å². The average Bonchev–Trinajstić information content (AvgIpc) is 2.88. The van der Waals surface area contributed by atoms with Crippen LogP contribution in [0.15, 0.2) is 30.6 Å². The first kappa shape index (κ1) is 11.0. The Bertz CT molecular complexity index is 766. The van der Waals surface area contributed by atoms with Crippen LogP contribution in [0.25, 0.3) is 16.7 Å². The fraction of sp³-hybridized carbons (Fsp3) is 0.0833. The van der Waals surface area contributed by atoms with Gasteiger partial charge in [0.1, 0.15) is 0 Å². The predicted molar refractivity (Wildman–Crippen MR) is 66.8 cm³/mol. The summed E-state index contributed by atoms with van der Waals surface area (Å²) in [4.78, 5) is 19.9. The number of aromatic nitrogens is 3. The number of esters is 1. The molecule has 0 aliphatic heterocycles. The van der Waals surface area contributed by atoms with Crippen molar-refractivity contribution < 1.29 is 9.53 Å². The van der Waals surface area contributed by atoms with E-state index < -0.39 is 0 Å². The predicted octanol–water partition coefficient (Wildman–Crippen LogP) is 2.32. The molecule has 3 aromatic rings. The summed E-state index contributed by atoms with van der Waals surface area (Å²) in [5, 5.41) is 0.332. The molecule has 0 N–H and O–H groups in total. The molecule has 0 aliphatic rings. The summed E-state index contributed by atoms with van der Waals surface area (Å²) in [6.45, 7) is 0. The van der Waals surface area contributed by atoms with Crippen LogP contribution in [0.3, 0.4) is 0 Å². The lowest BCUT2D eigenvalue weighted by molar-refractivity contribution is 0.0601. The minimum Gasteiger partial charge on any atom is -0.465 e. The van der Waals surface area contributed by atoms with Gasteiger partial charge < -0.3 is 4.74 Å². The highest BCUT2D eigenvalue weighted by Crippen LogP contribution is 2.21. The van der Waals surface area contributed by atoms with Gasteiger partial charge in [0, 0.05) is 12.4 Å². The van der Waals surface area contributed by atoms with Crippen LogP contribution in [0.4, 0.5) is 0 Å². The molecular weight excluding hydrogens is 254 g/mol. The third kappa shape index (κ3) is 1.52. The van der Waals surface area contributed by atoms with Crippen molar-refractivity contribution in [3.8, 4) is 0 Å². The highest BCUT2D eigenvalue weighted by atomic mass is 35.5. The molecule has 0 spiro atoms. The standard InChI is InChI=1S/C12H8ClN3O2/c1-18-12(17)7-2-3-8-9(6-7)16-5-4-14-11(16)10(13)15-8/h2-6H,1H3. The maximum absolute atomic E-state index is 11.5. The monoisotopic (exact) mass is 261 g/mol. The van der Waals surface area contributed by atoms with Gasteiger partial charge in [-0.3, -0.25) is 4.40 Å². The molecule has 0 saturated heterocycles. The van der Waals surface area contributed by atoms with Crippen molar-refractivity contribution in [1.82, 2.24) is 14.4 Å². The first-order valence-electron chi connectivity index (χ1n) is 5.21. The number of hydrogen-bond acceptors (Lipinski definition) is 4. The smallest absolute Gasteiger partial charge is 0.337 e. The Morgan fingerprint density at radius 2 is 2.28 bits per heavy atom. The summed E-state index contributed by atoms with van der Waals surface area (Å²) in [6, 6.07) is 5.09. The molecule has 3 rings (SSSR count). The number of carbonyl (C=O) groups is 1. The maximum Gasteiger partial charge on any atom is 0.337 e. The number of methoxy groups -OCH3 is 1. The molecule has 0 atom stereocenters. The van der Waals surface area contributed by atoms with E-state index in [1.807, 2.05) is 0 Å². The average molecular weight is 262 g/mol. The number of halogens is 1. The third-order valence-corrected chi connectivity index (χ3v) is 2.95. The molecule has 0 unspecified atom stereocenters. The first-order chi connectivity index (χ1) is 8.70. The zero-order chi connectivity index (χ0) is 12.7. The minimum absolute atomic E-state index is 0.332. The summed E-state index contributed by atoms with van der Waals surface area (Å²) < 4.78 is 6.48. The van der Waals surface area contributed by atoms with Crippen LogP contribution >= 0.6 is 11.6 Å². The van der Waals surface area contributed by atoms with Gasteiger partial charge in [-0.2, -0.15) is 0 Å². The normalized spacial score (nSPS) is 11.0. The third-order valence-electron chi connectivity index (χ3n) is 2.70. The van der Waals surface area contributed by atoms with Crippen LogP contribution in [0.2, 0.25) is 5.15 Å². The van der Waals surface area contributed by atoms with Gasteiger partial charge in [0.15, 0.2) is 10.8 Å². The second-order valence-electron chi connectivity index (χ2n) is 3.72. The number of hydrogen-bond donors (Lipinski definition) is 0. The number of ether oxygens (including phenoxy) is 1. The largest absolute Gasteiger partial charge is 0.465 e. The van der Waals surface area contributed by atoms with E-state index in [0.29, 0.717) is 21.9 Å². The van der Waals surface area contributed by atoms with Gasteiger partial charge >= 0.3 is 5.97 Å². The molecule has 90 valence electrons. The second-order valence-corrected chi connectivity index (χ2v) is 4.08. The van der Waals surface area contributed by atoms with Crippen LogP contribution in [0.5, 0.6) is 0 Å². The Kier molecular flexibility index (Phi) is 2.41. The number of imidazole rings is 1. The van der Waals surface area contributed by atoms with E-state index >= 15 is 0 Å². The number of rotatable bonds is 1. The Hall–Kier alpha value is -2.14. The fourth-order valence-corrected chi connectivity index (χ4v) is 2.09. The molecule has 0 aliphatic carbocycles. The molecule has 6 heteroatoms. The Balaban J connectivity index is 2.38. The Morgan fingerprint density at radius 1 is 1.44 bits per heavy atom. The van der Waals surface area contributed by atoms with Gasteiger partial charge in [-0.15, -0.1) is 0 Å². The summed E-state index contributed by atoms with van der Waals surface area (Å²) >= 11 is 6.02. The number of benzene rings is 1. The van der Waals surface area contributed by atoms with E-state index in [1.54, 1.807) is 35.0 Å². The molecule has 0 bridgehead atoms. The van der Waals surface area contributed by atoms with Gasteiger partial charge in [0.05, 0.1) is 23.7 Å². The highest BCUT2D eigenvalue weighted by molar-refractivity contribution is 6.32. The van der Waals surface area contributed by atoms with Crippen molar-refractivity contribution >= 4 is 34.3 Å². The molecule has 0 saturated carbocycles. The lowest BCUT2D eigenvalue weighted by Crippen LogP contribution is -2.02. The maximum atomic E-state index is 11.5. The quantitative estimate of drug-likeness (QED) is 0.631. The zero-order valence-electron chi connectivity index (χ0n) is 9.42. The first-order valence-corrected chi connectivity index (χ1v) is 5.59.